The van der Waals surface area contributed by atoms with E-state index < -0.39 is 11.6 Å². The van der Waals surface area contributed by atoms with Gasteiger partial charge in [0.25, 0.3) is 0 Å². The number of piperidine rings is 1. The Balaban J connectivity index is 1.33. The molecular weight excluding hydrogens is 380 g/mol. The van der Waals surface area contributed by atoms with Crippen LogP contribution in [0.5, 0.6) is 0 Å². The van der Waals surface area contributed by atoms with Gasteiger partial charge in [-0.05, 0) is 88.5 Å². The van der Waals surface area contributed by atoms with Crippen molar-refractivity contribution in [2.24, 2.45) is 23.2 Å². The summed E-state index contributed by atoms with van der Waals surface area (Å²) in [5.41, 5.74) is -1.07. The summed E-state index contributed by atoms with van der Waals surface area (Å²) >= 11 is 0. The van der Waals surface area contributed by atoms with Gasteiger partial charge in [-0.3, -0.25) is 9.59 Å². The van der Waals surface area contributed by atoms with Crippen molar-refractivity contribution in [1.82, 2.24) is 15.5 Å². The van der Waals surface area contributed by atoms with Crippen LogP contribution in [0.4, 0.5) is 0 Å². The maximum absolute atomic E-state index is 14.0. The summed E-state index contributed by atoms with van der Waals surface area (Å²) in [4.78, 5) is 28.9. The van der Waals surface area contributed by atoms with Gasteiger partial charge in [-0.25, -0.2) is 0 Å². The summed E-state index contributed by atoms with van der Waals surface area (Å²) in [5, 5.41) is 27.3. The number of hydrogen-bond donors (Lipinski definition) is 3. The zero-order valence-corrected chi connectivity index (χ0v) is 17.5. The fourth-order valence-electron chi connectivity index (χ4n) is 8.29. The lowest BCUT2D eigenvalue weighted by molar-refractivity contribution is -0.182. The van der Waals surface area contributed by atoms with Gasteiger partial charge in [0.1, 0.15) is 12.1 Å². The van der Waals surface area contributed by atoms with Gasteiger partial charge in [0.05, 0.1) is 17.7 Å². The third-order valence-corrected chi connectivity index (χ3v) is 9.11. The summed E-state index contributed by atoms with van der Waals surface area (Å²) in [5.74, 6) is 1.17. The number of nitrogens with zero attached hydrogens (tertiary/aromatic N) is 2. The van der Waals surface area contributed by atoms with Gasteiger partial charge in [0, 0.05) is 11.5 Å². The van der Waals surface area contributed by atoms with Crippen LogP contribution in [0.15, 0.2) is 0 Å². The van der Waals surface area contributed by atoms with Crippen LogP contribution in [0.1, 0.15) is 64.2 Å². The molecule has 7 fully saturated rings. The Labute approximate surface area is 177 Å². The summed E-state index contributed by atoms with van der Waals surface area (Å²) in [7, 11) is 0. The second kappa shape index (κ2) is 6.43. The van der Waals surface area contributed by atoms with Gasteiger partial charge in [-0.2, -0.15) is 5.26 Å². The number of hydrogen-bond acceptors (Lipinski definition) is 5. The molecule has 0 aromatic rings. The van der Waals surface area contributed by atoms with Crippen LogP contribution in [0.3, 0.4) is 0 Å². The normalized spacial score (nSPS) is 48.9. The fourth-order valence-corrected chi connectivity index (χ4v) is 8.29. The lowest BCUT2D eigenvalue weighted by atomic mass is 9.46. The van der Waals surface area contributed by atoms with Crippen molar-refractivity contribution in [2.75, 3.05) is 6.54 Å². The minimum Gasteiger partial charge on any atom is -0.390 e. The van der Waals surface area contributed by atoms with Crippen molar-refractivity contribution in [2.45, 2.75) is 94.0 Å². The van der Waals surface area contributed by atoms with Crippen LogP contribution < -0.4 is 10.6 Å². The molecule has 2 saturated heterocycles. The Morgan fingerprint density at radius 3 is 2.57 bits per heavy atom. The quantitative estimate of drug-likeness (QED) is 0.641. The molecule has 0 radical (unpaired) electrons. The molecule has 2 amide bonds. The molecule has 7 aliphatic rings. The molecule has 0 spiro atoms. The van der Waals surface area contributed by atoms with Crippen molar-refractivity contribution in [3.05, 3.63) is 0 Å². The predicted molar refractivity (Wildman–Crippen MR) is 108 cm³/mol. The lowest BCUT2D eigenvalue weighted by Gasteiger charge is -2.62. The molecule has 7 nitrogen and oxygen atoms in total. The van der Waals surface area contributed by atoms with Crippen molar-refractivity contribution in [3.63, 3.8) is 0 Å². The van der Waals surface area contributed by atoms with Gasteiger partial charge in [0.15, 0.2) is 0 Å². The first kappa shape index (κ1) is 19.1. The second-order valence-corrected chi connectivity index (χ2v) is 11.3. The van der Waals surface area contributed by atoms with Crippen LogP contribution >= 0.6 is 0 Å². The largest absolute Gasteiger partial charge is 0.390 e. The zero-order chi connectivity index (χ0) is 20.7. The van der Waals surface area contributed by atoms with Crippen LogP contribution in [-0.4, -0.2) is 58.1 Å². The highest BCUT2D eigenvalue weighted by Crippen LogP contribution is 2.63. The number of nitrogens with one attached hydrogen (secondary N) is 2. The van der Waals surface area contributed by atoms with E-state index in [1.165, 1.54) is 0 Å². The molecule has 7 heteroatoms. The molecular formula is C23H32N4O3. The van der Waals surface area contributed by atoms with Gasteiger partial charge >= 0.3 is 0 Å². The summed E-state index contributed by atoms with van der Waals surface area (Å²) in [6.07, 6.45) is 8.72. The van der Waals surface area contributed by atoms with E-state index in [1.54, 1.807) is 4.90 Å². The molecule has 7 atom stereocenters. The number of rotatable bonds is 4. The van der Waals surface area contributed by atoms with Crippen LogP contribution in [0.2, 0.25) is 0 Å². The number of likely N-dealkylation sites (tertiary alicyclic amines) is 1. The maximum Gasteiger partial charge on any atom is 0.247 e. The maximum atomic E-state index is 14.0. The minimum absolute atomic E-state index is 0.0663. The monoisotopic (exact) mass is 412 g/mol. The molecule has 0 aromatic carbocycles. The number of carbonyl (C=O) groups excluding carboxylic acids is 2. The predicted octanol–water partition coefficient (Wildman–Crippen LogP) is 1.07. The average Bonchev–Trinajstić information content (AvgIpc) is 3.10. The van der Waals surface area contributed by atoms with Crippen LogP contribution in [-0.2, 0) is 9.59 Å². The smallest absolute Gasteiger partial charge is 0.247 e. The highest BCUT2D eigenvalue weighted by Gasteiger charge is 2.64. The molecule has 7 unspecified atom stereocenters. The lowest BCUT2D eigenvalue weighted by Crippen LogP contribution is -2.67. The summed E-state index contributed by atoms with van der Waals surface area (Å²) < 4.78 is 0. The van der Waals surface area contributed by atoms with Gasteiger partial charge in [-0.1, -0.05) is 0 Å². The molecule has 5 saturated carbocycles. The van der Waals surface area contributed by atoms with E-state index in [4.69, 9.17) is 0 Å². The van der Waals surface area contributed by atoms with Gasteiger partial charge < -0.3 is 20.6 Å². The number of fused-ring (bicyclic) bond motifs is 1. The van der Waals surface area contributed by atoms with E-state index in [0.29, 0.717) is 24.2 Å². The third kappa shape index (κ3) is 2.83. The SMILES string of the molecule is N#CC1CC2CC2N1C(=O)C(NC(=O)C1CCCN1)C12CC3CC(CC(O)(C3)C1)C2. The molecule has 2 aliphatic heterocycles. The van der Waals surface area contributed by atoms with E-state index in [0.717, 1.165) is 64.3 Å². The number of aliphatic hydroxyl groups is 1. The van der Waals surface area contributed by atoms with Crippen molar-refractivity contribution in [1.29, 1.82) is 5.26 Å². The number of amides is 2. The highest BCUT2D eigenvalue weighted by atomic mass is 16.3. The molecule has 5 aliphatic carbocycles. The Kier molecular flexibility index (Phi) is 4.09. The number of carbonyl (C=O) groups is 2. The Morgan fingerprint density at radius 1 is 1.17 bits per heavy atom. The standard InChI is InChI=1S/C23H32N4O3/c24-11-16-5-15-6-18(15)27(16)21(29)19(26-20(28)17-2-1-3-25-17)22-7-13-4-14(8-22)10-23(30,9-13)12-22/h13-19,25,30H,1-10,12H2,(H,26,28). The van der Waals surface area contributed by atoms with Crippen molar-refractivity contribution in [3.8, 4) is 6.07 Å². The first-order chi connectivity index (χ1) is 14.4. The van der Waals surface area contributed by atoms with Crippen LogP contribution in [0.25, 0.3) is 0 Å². The summed E-state index contributed by atoms with van der Waals surface area (Å²) in [6, 6.07) is 1.26. The Bertz CT molecular complexity index is 802. The Morgan fingerprint density at radius 2 is 1.93 bits per heavy atom. The third-order valence-electron chi connectivity index (χ3n) is 9.11. The van der Waals surface area contributed by atoms with Crippen molar-refractivity contribution >= 4 is 11.8 Å². The fraction of sp³-hybridized carbons (Fsp3) is 0.870. The van der Waals surface area contributed by atoms with E-state index in [-0.39, 0.29) is 35.4 Å². The molecule has 3 N–H and O–H groups in total. The van der Waals surface area contributed by atoms with Gasteiger partial charge in [0.2, 0.25) is 11.8 Å². The average molecular weight is 413 g/mol. The molecule has 30 heavy (non-hydrogen) atoms. The van der Waals surface area contributed by atoms with E-state index in [1.807, 2.05) is 0 Å². The van der Waals surface area contributed by atoms with E-state index in [9.17, 15) is 20.0 Å². The molecule has 162 valence electrons. The topological polar surface area (TPSA) is 105 Å². The second-order valence-electron chi connectivity index (χ2n) is 11.3. The van der Waals surface area contributed by atoms with E-state index >= 15 is 0 Å². The zero-order valence-electron chi connectivity index (χ0n) is 17.5. The first-order valence-electron chi connectivity index (χ1n) is 11.9. The first-order valence-corrected chi connectivity index (χ1v) is 11.9. The highest BCUT2D eigenvalue weighted by molar-refractivity contribution is 5.91. The van der Waals surface area contributed by atoms with E-state index in [2.05, 4.69) is 16.7 Å². The summed E-state index contributed by atoms with van der Waals surface area (Å²) in [6.45, 7) is 0.831. The molecule has 0 aromatic heterocycles. The minimum atomic E-state index is -0.694. The van der Waals surface area contributed by atoms with Crippen LogP contribution in [0, 0.1) is 34.5 Å². The number of nitriles is 1. The van der Waals surface area contributed by atoms with Crippen molar-refractivity contribution < 1.29 is 14.7 Å². The molecule has 4 bridgehead atoms. The molecule has 7 rings (SSSR count). The Hall–Kier alpha value is -1.65. The molecule has 2 heterocycles. The van der Waals surface area contributed by atoms with Gasteiger partial charge in [-0.15, -0.1) is 0 Å².